The van der Waals surface area contributed by atoms with Gasteiger partial charge in [-0.25, -0.2) is 13.1 Å². The molecule has 1 aliphatic heterocycles. The Labute approximate surface area is 136 Å². The Morgan fingerprint density at radius 1 is 1.45 bits per heavy atom. The molecule has 22 heavy (non-hydrogen) atoms. The van der Waals surface area contributed by atoms with E-state index in [0.717, 1.165) is 23.5 Å². The first kappa shape index (κ1) is 17.3. The van der Waals surface area contributed by atoms with E-state index in [1.54, 1.807) is 34.9 Å². The van der Waals surface area contributed by atoms with Crippen LogP contribution in [0.1, 0.15) is 33.6 Å². The Morgan fingerprint density at radius 2 is 2.18 bits per heavy atom. The quantitative estimate of drug-likeness (QED) is 0.913. The number of sulfonamides is 1. The zero-order valence-corrected chi connectivity index (χ0v) is 14.8. The maximum absolute atomic E-state index is 12.4. The van der Waals surface area contributed by atoms with Crippen molar-refractivity contribution in [1.29, 1.82) is 0 Å². The van der Waals surface area contributed by atoms with Crippen LogP contribution in [-0.4, -0.2) is 32.7 Å². The largest absolute Gasteiger partial charge is 0.311 e. The molecule has 2 rings (SSSR count). The summed E-state index contributed by atoms with van der Waals surface area (Å²) in [7, 11) is -3.56. The molecule has 7 heteroatoms. The van der Waals surface area contributed by atoms with E-state index in [-0.39, 0.29) is 16.8 Å². The first-order valence-electron chi connectivity index (χ1n) is 7.42. The molecule has 1 N–H and O–H groups in total. The number of hydrogen-bond acceptors (Lipinski definition) is 4. The maximum Gasteiger partial charge on any atom is 0.240 e. The fourth-order valence-electron chi connectivity index (χ4n) is 2.27. The molecule has 0 unspecified atom stereocenters. The maximum atomic E-state index is 12.4. The molecule has 5 nitrogen and oxygen atoms in total. The average molecular weight is 342 g/mol. The smallest absolute Gasteiger partial charge is 0.240 e. The number of thioether (sulfide) groups is 1. The number of anilines is 1. The summed E-state index contributed by atoms with van der Waals surface area (Å²) in [6.45, 7) is 5.90. The standard InChI is InChI=1S/C15H22N2O3S2/c1-4-11(2)16-22(19,20)13-6-7-15-14(10-13)17(12(3)18)8-5-9-21-15/h6-7,10-11,16H,4-5,8-9H2,1-3H3/t11-/m0/s1. The van der Waals surface area contributed by atoms with E-state index < -0.39 is 10.0 Å². The van der Waals surface area contributed by atoms with Crippen molar-refractivity contribution in [2.75, 3.05) is 17.2 Å². The molecule has 0 spiro atoms. The normalized spacial score (nSPS) is 16.8. The first-order valence-corrected chi connectivity index (χ1v) is 9.89. The van der Waals surface area contributed by atoms with Crippen LogP contribution >= 0.6 is 11.8 Å². The Kier molecular flexibility index (Phi) is 5.52. The van der Waals surface area contributed by atoms with Crippen molar-refractivity contribution in [1.82, 2.24) is 4.72 Å². The molecule has 0 bridgehead atoms. The highest BCUT2D eigenvalue weighted by Crippen LogP contribution is 2.35. The van der Waals surface area contributed by atoms with Crippen molar-refractivity contribution in [3.8, 4) is 0 Å². The highest BCUT2D eigenvalue weighted by atomic mass is 32.2. The van der Waals surface area contributed by atoms with Gasteiger partial charge in [-0.15, -0.1) is 11.8 Å². The fourth-order valence-corrected chi connectivity index (χ4v) is 4.59. The summed E-state index contributed by atoms with van der Waals surface area (Å²) < 4.78 is 27.5. The number of rotatable bonds is 4. The van der Waals surface area contributed by atoms with Gasteiger partial charge in [0.15, 0.2) is 0 Å². The van der Waals surface area contributed by atoms with Gasteiger partial charge in [0.1, 0.15) is 0 Å². The summed E-state index contributed by atoms with van der Waals surface area (Å²) in [5.41, 5.74) is 0.696. The van der Waals surface area contributed by atoms with Gasteiger partial charge in [0.25, 0.3) is 0 Å². The Balaban J connectivity index is 2.43. The number of carbonyl (C=O) groups is 1. The SMILES string of the molecule is CC[C@H](C)NS(=O)(=O)c1ccc2c(c1)N(C(C)=O)CCCS2. The molecule has 0 saturated heterocycles. The van der Waals surface area contributed by atoms with Crippen molar-refractivity contribution in [3.05, 3.63) is 18.2 Å². The van der Waals surface area contributed by atoms with Gasteiger partial charge in [0.2, 0.25) is 15.9 Å². The second kappa shape index (κ2) is 7.02. The Bertz CT molecular complexity index is 659. The van der Waals surface area contributed by atoms with Crippen molar-refractivity contribution in [3.63, 3.8) is 0 Å². The second-order valence-electron chi connectivity index (χ2n) is 5.43. The molecular weight excluding hydrogens is 320 g/mol. The minimum absolute atomic E-state index is 0.0619. The van der Waals surface area contributed by atoms with Crippen LogP contribution in [0.15, 0.2) is 28.0 Å². The highest BCUT2D eigenvalue weighted by molar-refractivity contribution is 7.99. The third-order valence-electron chi connectivity index (χ3n) is 3.66. The molecular formula is C15H22N2O3S2. The molecule has 0 radical (unpaired) electrons. The summed E-state index contributed by atoms with van der Waals surface area (Å²) in [6.07, 6.45) is 1.62. The van der Waals surface area contributed by atoms with Crippen LogP contribution in [-0.2, 0) is 14.8 Å². The number of nitrogens with one attached hydrogen (secondary N) is 1. The lowest BCUT2D eigenvalue weighted by Gasteiger charge is -2.22. The van der Waals surface area contributed by atoms with Crippen molar-refractivity contribution in [2.24, 2.45) is 0 Å². The highest BCUT2D eigenvalue weighted by Gasteiger charge is 2.23. The molecule has 0 fully saturated rings. The minimum atomic E-state index is -3.56. The number of carbonyl (C=O) groups excluding carboxylic acids is 1. The van der Waals surface area contributed by atoms with E-state index in [4.69, 9.17) is 0 Å². The van der Waals surface area contributed by atoms with Crippen molar-refractivity contribution in [2.45, 2.75) is 49.4 Å². The first-order chi connectivity index (χ1) is 10.3. The summed E-state index contributed by atoms with van der Waals surface area (Å²) in [4.78, 5) is 14.7. The molecule has 1 aromatic carbocycles. The van der Waals surface area contributed by atoms with Crippen LogP contribution in [0.25, 0.3) is 0 Å². The van der Waals surface area contributed by atoms with E-state index in [1.165, 1.54) is 6.92 Å². The van der Waals surface area contributed by atoms with E-state index in [9.17, 15) is 13.2 Å². The number of benzene rings is 1. The Hall–Kier alpha value is -1.05. The topological polar surface area (TPSA) is 66.5 Å². The lowest BCUT2D eigenvalue weighted by atomic mass is 10.2. The van der Waals surface area contributed by atoms with Gasteiger partial charge in [0, 0.05) is 24.4 Å². The van der Waals surface area contributed by atoms with E-state index in [2.05, 4.69) is 4.72 Å². The van der Waals surface area contributed by atoms with Gasteiger partial charge >= 0.3 is 0 Å². The predicted octanol–water partition coefficient (Wildman–Crippen LogP) is 2.61. The lowest BCUT2D eigenvalue weighted by molar-refractivity contribution is -0.116. The molecule has 0 aromatic heterocycles. The number of amides is 1. The van der Waals surface area contributed by atoms with Gasteiger partial charge in [0.05, 0.1) is 10.6 Å². The van der Waals surface area contributed by atoms with Gasteiger partial charge < -0.3 is 4.90 Å². The van der Waals surface area contributed by atoms with Crippen LogP contribution < -0.4 is 9.62 Å². The monoisotopic (exact) mass is 342 g/mol. The average Bonchev–Trinajstić information content (AvgIpc) is 2.68. The van der Waals surface area contributed by atoms with Crippen LogP contribution in [0.4, 0.5) is 5.69 Å². The molecule has 122 valence electrons. The lowest BCUT2D eigenvalue weighted by Crippen LogP contribution is -2.33. The molecule has 1 atom stereocenters. The van der Waals surface area contributed by atoms with Gasteiger partial charge in [-0.1, -0.05) is 6.92 Å². The predicted molar refractivity (Wildman–Crippen MR) is 89.9 cm³/mol. The summed E-state index contributed by atoms with van der Waals surface area (Å²) in [6, 6.07) is 4.90. The van der Waals surface area contributed by atoms with Crippen LogP contribution in [0.2, 0.25) is 0 Å². The third-order valence-corrected chi connectivity index (χ3v) is 6.40. The second-order valence-corrected chi connectivity index (χ2v) is 8.28. The molecule has 1 aromatic rings. The van der Waals surface area contributed by atoms with Gasteiger partial charge in [-0.3, -0.25) is 4.79 Å². The van der Waals surface area contributed by atoms with Gasteiger partial charge in [-0.05, 0) is 43.7 Å². The number of fused-ring (bicyclic) bond motifs is 1. The zero-order chi connectivity index (χ0) is 16.3. The molecule has 0 saturated carbocycles. The molecule has 0 aliphatic carbocycles. The van der Waals surface area contributed by atoms with Crippen molar-refractivity contribution >= 4 is 33.4 Å². The van der Waals surface area contributed by atoms with Crippen LogP contribution in [0, 0.1) is 0 Å². The zero-order valence-electron chi connectivity index (χ0n) is 13.1. The van der Waals surface area contributed by atoms with Crippen LogP contribution in [0.3, 0.4) is 0 Å². The third kappa shape index (κ3) is 3.83. The summed E-state index contributed by atoms with van der Waals surface area (Å²) in [5, 5.41) is 0. The van der Waals surface area contributed by atoms with E-state index in [0.29, 0.717) is 12.2 Å². The molecule has 1 heterocycles. The van der Waals surface area contributed by atoms with E-state index in [1.807, 2.05) is 13.8 Å². The molecule has 1 aliphatic rings. The number of hydrogen-bond donors (Lipinski definition) is 1. The molecule has 1 amide bonds. The summed E-state index contributed by atoms with van der Waals surface area (Å²) in [5.74, 6) is 0.863. The number of nitrogens with zero attached hydrogens (tertiary/aromatic N) is 1. The van der Waals surface area contributed by atoms with Gasteiger partial charge in [-0.2, -0.15) is 0 Å². The van der Waals surface area contributed by atoms with Crippen LogP contribution in [0.5, 0.6) is 0 Å². The van der Waals surface area contributed by atoms with E-state index >= 15 is 0 Å². The Morgan fingerprint density at radius 3 is 2.82 bits per heavy atom. The minimum Gasteiger partial charge on any atom is -0.311 e. The van der Waals surface area contributed by atoms with Crippen molar-refractivity contribution < 1.29 is 13.2 Å². The summed E-state index contributed by atoms with van der Waals surface area (Å²) >= 11 is 1.66. The fraction of sp³-hybridized carbons (Fsp3) is 0.533.